The monoisotopic (exact) mass is 166 g/mol. The second-order valence-electron chi connectivity index (χ2n) is 3.43. The maximum Gasteiger partial charge on any atom is 0.209 e. The Bertz CT molecular complexity index is 251. The summed E-state index contributed by atoms with van der Waals surface area (Å²) in [6, 6.07) is 2.09. The number of hydrogen-bond donors (Lipinski definition) is 1. The molecule has 0 aliphatic heterocycles. The van der Waals surface area contributed by atoms with E-state index in [0.29, 0.717) is 11.9 Å². The SMILES string of the molecule is Oc1ccnn1C1CCCCC1. The van der Waals surface area contributed by atoms with Crippen LogP contribution in [0.5, 0.6) is 5.88 Å². The van der Waals surface area contributed by atoms with E-state index in [1.807, 2.05) is 0 Å². The van der Waals surface area contributed by atoms with Gasteiger partial charge in [0.2, 0.25) is 5.88 Å². The minimum atomic E-state index is 0.307. The van der Waals surface area contributed by atoms with Gasteiger partial charge in [0.1, 0.15) is 0 Å². The first-order valence-corrected chi connectivity index (χ1v) is 4.60. The van der Waals surface area contributed by atoms with Crippen molar-refractivity contribution in [1.29, 1.82) is 0 Å². The van der Waals surface area contributed by atoms with Gasteiger partial charge in [-0.05, 0) is 12.8 Å². The van der Waals surface area contributed by atoms with Crippen LogP contribution < -0.4 is 0 Å². The smallest absolute Gasteiger partial charge is 0.209 e. The molecule has 0 bridgehead atoms. The standard InChI is InChI=1S/C9H14N2O/c12-9-6-7-10-11(9)8-4-2-1-3-5-8/h6-8,12H,1-5H2. The average Bonchev–Trinajstić information content (AvgIpc) is 2.53. The topological polar surface area (TPSA) is 38.1 Å². The first-order chi connectivity index (χ1) is 5.88. The maximum atomic E-state index is 9.40. The predicted molar refractivity (Wildman–Crippen MR) is 46.0 cm³/mol. The summed E-state index contributed by atoms with van der Waals surface area (Å²) in [5, 5.41) is 13.5. The van der Waals surface area contributed by atoms with E-state index in [1.54, 1.807) is 16.9 Å². The lowest BCUT2D eigenvalue weighted by Gasteiger charge is -2.22. The maximum absolute atomic E-state index is 9.40. The molecule has 12 heavy (non-hydrogen) atoms. The zero-order chi connectivity index (χ0) is 8.39. The molecule has 1 aromatic heterocycles. The van der Waals surface area contributed by atoms with E-state index in [4.69, 9.17) is 0 Å². The first kappa shape index (κ1) is 7.65. The molecule has 0 radical (unpaired) electrons. The second kappa shape index (κ2) is 3.17. The molecule has 66 valence electrons. The Hall–Kier alpha value is -0.990. The number of hydrogen-bond acceptors (Lipinski definition) is 2. The van der Waals surface area contributed by atoms with E-state index >= 15 is 0 Å². The molecule has 0 spiro atoms. The van der Waals surface area contributed by atoms with Crippen LogP contribution in [0.4, 0.5) is 0 Å². The number of nitrogens with zero attached hydrogens (tertiary/aromatic N) is 2. The van der Waals surface area contributed by atoms with E-state index in [1.165, 1.54) is 19.3 Å². The molecule has 1 aliphatic rings. The summed E-state index contributed by atoms with van der Waals surface area (Å²) >= 11 is 0. The zero-order valence-electron chi connectivity index (χ0n) is 7.11. The first-order valence-electron chi connectivity index (χ1n) is 4.60. The fourth-order valence-electron chi connectivity index (χ4n) is 1.91. The summed E-state index contributed by atoms with van der Waals surface area (Å²) in [4.78, 5) is 0. The molecule has 0 aromatic carbocycles. The van der Waals surface area contributed by atoms with E-state index < -0.39 is 0 Å². The largest absolute Gasteiger partial charge is 0.493 e. The van der Waals surface area contributed by atoms with Crippen LogP contribution in [-0.2, 0) is 0 Å². The third-order valence-corrected chi connectivity index (χ3v) is 2.57. The van der Waals surface area contributed by atoms with Crippen LogP contribution in [0.1, 0.15) is 38.1 Å². The summed E-state index contributed by atoms with van der Waals surface area (Å²) in [6.07, 6.45) is 7.85. The molecule has 0 atom stereocenters. The van der Waals surface area contributed by atoms with Gasteiger partial charge in [0.25, 0.3) is 0 Å². The predicted octanol–water partition coefficient (Wildman–Crippen LogP) is 2.09. The minimum absolute atomic E-state index is 0.307. The summed E-state index contributed by atoms with van der Waals surface area (Å²) < 4.78 is 1.75. The molecule has 1 aromatic rings. The zero-order valence-corrected chi connectivity index (χ0v) is 7.11. The summed E-state index contributed by atoms with van der Waals surface area (Å²) in [7, 11) is 0. The van der Waals surface area contributed by atoms with Crippen molar-refractivity contribution in [3.8, 4) is 5.88 Å². The number of rotatable bonds is 1. The highest BCUT2D eigenvalue weighted by atomic mass is 16.3. The number of aromatic nitrogens is 2. The van der Waals surface area contributed by atoms with Gasteiger partial charge in [-0.2, -0.15) is 5.10 Å². The average molecular weight is 166 g/mol. The van der Waals surface area contributed by atoms with E-state index in [9.17, 15) is 5.11 Å². The van der Waals surface area contributed by atoms with Gasteiger partial charge in [-0.1, -0.05) is 19.3 Å². The van der Waals surface area contributed by atoms with Crippen molar-refractivity contribution < 1.29 is 5.11 Å². The lowest BCUT2D eigenvalue weighted by molar-refractivity contribution is 0.290. The Morgan fingerprint density at radius 3 is 2.67 bits per heavy atom. The van der Waals surface area contributed by atoms with Gasteiger partial charge in [-0.15, -0.1) is 0 Å². The summed E-state index contributed by atoms with van der Waals surface area (Å²) in [5.74, 6) is 0.307. The van der Waals surface area contributed by atoms with E-state index in [-0.39, 0.29) is 0 Å². The van der Waals surface area contributed by atoms with E-state index in [2.05, 4.69) is 5.10 Å². The molecule has 2 rings (SSSR count). The van der Waals surface area contributed by atoms with Gasteiger partial charge in [-0.3, -0.25) is 0 Å². The quantitative estimate of drug-likeness (QED) is 0.693. The fraction of sp³-hybridized carbons (Fsp3) is 0.667. The molecule has 1 aliphatic carbocycles. The highest BCUT2D eigenvalue weighted by molar-refractivity contribution is 5.06. The van der Waals surface area contributed by atoms with Crippen LogP contribution in [-0.4, -0.2) is 14.9 Å². The van der Waals surface area contributed by atoms with Crippen LogP contribution in [0.25, 0.3) is 0 Å². The van der Waals surface area contributed by atoms with Crippen molar-refractivity contribution in [2.24, 2.45) is 0 Å². The minimum Gasteiger partial charge on any atom is -0.493 e. The van der Waals surface area contributed by atoms with Gasteiger partial charge in [0.05, 0.1) is 12.2 Å². The van der Waals surface area contributed by atoms with Gasteiger partial charge >= 0.3 is 0 Å². The lowest BCUT2D eigenvalue weighted by Crippen LogP contribution is -2.13. The molecule has 1 saturated carbocycles. The third-order valence-electron chi connectivity index (χ3n) is 2.57. The fourth-order valence-corrected chi connectivity index (χ4v) is 1.91. The van der Waals surface area contributed by atoms with Crippen LogP contribution in [0, 0.1) is 0 Å². The van der Waals surface area contributed by atoms with Crippen LogP contribution in [0.3, 0.4) is 0 Å². The highest BCUT2D eigenvalue weighted by Crippen LogP contribution is 2.29. The Morgan fingerprint density at radius 2 is 2.08 bits per heavy atom. The molecule has 1 fully saturated rings. The van der Waals surface area contributed by atoms with Crippen molar-refractivity contribution in [3.05, 3.63) is 12.3 Å². The normalized spacial score (nSPS) is 19.7. The third kappa shape index (κ3) is 1.31. The van der Waals surface area contributed by atoms with Crippen molar-refractivity contribution in [2.45, 2.75) is 38.1 Å². The van der Waals surface area contributed by atoms with Gasteiger partial charge in [0.15, 0.2) is 0 Å². The van der Waals surface area contributed by atoms with Crippen molar-refractivity contribution in [1.82, 2.24) is 9.78 Å². The summed E-state index contributed by atoms with van der Waals surface area (Å²) in [6.45, 7) is 0. The molecular weight excluding hydrogens is 152 g/mol. The van der Waals surface area contributed by atoms with E-state index in [0.717, 1.165) is 12.8 Å². The Kier molecular flexibility index (Phi) is 2.02. The Labute approximate surface area is 72.0 Å². The van der Waals surface area contributed by atoms with Crippen molar-refractivity contribution in [2.75, 3.05) is 0 Å². The molecule has 0 amide bonds. The summed E-state index contributed by atoms with van der Waals surface area (Å²) in [5.41, 5.74) is 0. The number of aromatic hydroxyl groups is 1. The molecule has 1 heterocycles. The lowest BCUT2D eigenvalue weighted by atomic mass is 9.96. The molecular formula is C9H14N2O. The molecule has 0 saturated heterocycles. The molecule has 0 unspecified atom stereocenters. The second-order valence-corrected chi connectivity index (χ2v) is 3.43. The van der Waals surface area contributed by atoms with Crippen molar-refractivity contribution in [3.63, 3.8) is 0 Å². The Balaban J connectivity index is 2.13. The van der Waals surface area contributed by atoms with Gasteiger partial charge in [-0.25, -0.2) is 4.68 Å². The molecule has 1 N–H and O–H groups in total. The van der Waals surface area contributed by atoms with Gasteiger partial charge < -0.3 is 5.11 Å². The van der Waals surface area contributed by atoms with Crippen LogP contribution in [0.15, 0.2) is 12.3 Å². The van der Waals surface area contributed by atoms with Gasteiger partial charge in [0, 0.05) is 6.07 Å². The Morgan fingerprint density at radius 1 is 1.33 bits per heavy atom. The highest BCUT2D eigenvalue weighted by Gasteiger charge is 2.17. The van der Waals surface area contributed by atoms with Crippen LogP contribution in [0.2, 0.25) is 0 Å². The van der Waals surface area contributed by atoms with Crippen molar-refractivity contribution >= 4 is 0 Å². The van der Waals surface area contributed by atoms with Crippen LogP contribution >= 0.6 is 0 Å². The molecule has 3 heteroatoms. The molecule has 3 nitrogen and oxygen atoms in total.